The molecule has 102 valence electrons. The molecule has 0 spiro atoms. The van der Waals surface area contributed by atoms with E-state index in [9.17, 15) is 18.0 Å². The Balaban J connectivity index is 3.88. The van der Waals surface area contributed by atoms with Gasteiger partial charge in [0.15, 0.2) is 0 Å². The highest BCUT2D eigenvalue weighted by molar-refractivity contribution is 5.78. The molecule has 0 aliphatic carbocycles. The Morgan fingerprint density at radius 1 is 1.29 bits per heavy atom. The van der Waals surface area contributed by atoms with Gasteiger partial charge in [0.05, 0.1) is 13.0 Å². The monoisotopic (exact) mass is 257 g/mol. The number of hydrogen-bond donors (Lipinski definition) is 2. The van der Waals surface area contributed by atoms with Crippen molar-refractivity contribution in [2.75, 3.05) is 19.8 Å². The lowest BCUT2D eigenvalue weighted by molar-refractivity contribution is -0.149. The van der Waals surface area contributed by atoms with E-state index in [1.807, 2.05) is 0 Å². The van der Waals surface area contributed by atoms with E-state index in [1.54, 1.807) is 6.92 Å². The van der Waals surface area contributed by atoms with Gasteiger partial charge in [-0.05, 0) is 19.9 Å². The molecule has 1 unspecified atom stereocenters. The topological polar surface area (TPSA) is 58.6 Å². The molecule has 1 atom stereocenters. The normalized spacial score (nSPS) is 15.6. The van der Waals surface area contributed by atoms with Gasteiger partial charge in [-0.1, -0.05) is 6.92 Å². The summed E-state index contributed by atoms with van der Waals surface area (Å²) in [5.74, 6) is -1.04. The third-order valence-corrected chi connectivity index (χ3v) is 2.32. The first-order valence-electron chi connectivity index (χ1n) is 5.34. The molecule has 0 aliphatic rings. The average Bonchev–Trinajstić information content (AvgIpc) is 2.15. The Morgan fingerprint density at radius 2 is 1.82 bits per heavy atom. The van der Waals surface area contributed by atoms with Crippen LogP contribution in [0.4, 0.5) is 13.2 Å². The second-order valence-electron chi connectivity index (χ2n) is 3.90. The second-order valence-corrected chi connectivity index (χ2v) is 3.90. The summed E-state index contributed by atoms with van der Waals surface area (Å²) in [6.07, 6.45) is -5.14. The predicted octanol–water partition coefficient (Wildman–Crippen LogP) is 1.80. The van der Waals surface area contributed by atoms with E-state index in [1.165, 1.54) is 6.92 Å². The molecular formula is C10H18F3NO3. The molecular weight excluding hydrogens is 239 g/mol. The quantitative estimate of drug-likeness (QED) is 0.651. The van der Waals surface area contributed by atoms with E-state index in [0.29, 0.717) is 6.54 Å². The molecule has 17 heavy (non-hydrogen) atoms. The summed E-state index contributed by atoms with van der Waals surface area (Å²) in [5.41, 5.74) is -1.16. The van der Waals surface area contributed by atoms with Gasteiger partial charge in [-0.3, -0.25) is 4.79 Å². The van der Waals surface area contributed by atoms with Gasteiger partial charge >= 0.3 is 12.1 Å². The predicted molar refractivity (Wildman–Crippen MR) is 55.8 cm³/mol. The Kier molecular flexibility index (Phi) is 6.48. The first kappa shape index (κ1) is 16.2. The summed E-state index contributed by atoms with van der Waals surface area (Å²) < 4.78 is 40.1. The fraction of sp³-hybridized carbons (Fsp3) is 0.900. The molecule has 7 heteroatoms. The molecule has 0 rings (SSSR count). The molecule has 0 bridgehead atoms. The highest BCUT2D eigenvalue weighted by Gasteiger charge is 2.32. The van der Waals surface area contributed by atoms with Gasteiger partial charge in [-0.25, -0.2) is 0 Å². The number of likely N-dealkylation sites (N-methyl/N-ethyl adjacent to an activating group) is 1. The first-order chi connectivity index (χ1) is 7.71. The van der Waals surface area contributed by atoms with Crippen LogP contribution in [0.15, 0.2) is 0 Å². The largest absolute Gasteiger partial charge is 0.480 e. The Morgan fingerprint density at radius 3 is 2.24 bits per heavy atom. The van der Waals surface area contributed by atoms with Crippen LogP contribution in [0.2, 0.25) is 0 Å². The van der Waals surface area contributed by atoms with Crippen LogP contribution < -0.4 is 5.32 Å². The Bertz CT molecular complexity index is 245. The number of halogens is 3. The third-order valence-electron chi connectivity index (χ3n) is 2.32. The highest BCUT2D eigenvalue weighted by atomic mass is 19.4. The zero-order valence-corrected chi connectivity index (χ0v) is 9.93. The number of rotatable bonds is 8. The van der Waals surface area contributed by atoms with Crippen molar-refractivity contribution in [3.8, 4) is 0 Å². The van der Waals surface area contributed by atoms with Gasteiger partial charge < -0.3 is 15.2 Å². The fourth-order valence-corrected chi connectivity index (χ4v) is 1.23. The summed E-state index contributed by atoms with van der Waals surface area (Å²) in [5, 5.41) is 11.7. The lowest BCUT2D eigenvalue weighted by Gasteiger charge is -2.25. The molecule has 0 aromatic heterocycles. The van der Waals surface area contributed by atoms with E-state index in [0.717, 1.165) is 0 Å². The number of aliphatic carboxylic acids is 1. The zero-order valence-electron chi connectivity index (χ0n) is 9.93. The SMILES string of the molecule is CCNC(C)(CCOCCC(F)(F)F)C(=O)O. The maximum Gasteiger partial charge on any atom is 0.391 e. The molecule has 2 N–H and O–H groups in total. The Hall–Kier alpha value is -0.820. The number of nitrogens with one attached hydrogen (secondary N) is 1. The van der Waals surface area contributed by atoms with Crippen molar-refractivity contribution in [3.05, 3.63) is 0 Å². The lowest BCUT2D eigenvalue weighted by Crippen LogP contribution is -2.50. The van der Waals surface area contributed by atoms with Crippen molar-refractivity contribution in [1.82, 2.24) is 5.32 Å². The van der Waals surface area contributed by atoms with Crippen LogP contribution in [-0.4, -0.2) is 42.5 Å². The molecule has 0 heterocycles. The second kappa shape index (κ2) is 6.80. The molecule has 0 radical (unpaired) electrons. The van der Waals surface area contributed by atoms with E-state index in [-0.39, 0.29) is 13.0 Å². The van der Waals surface area contributed by atoms with Gasteiger partial charge in [-0.15, -0.1) is 0 Å². The summed E-state index contributed by atoms with van der Waals surface area (Å²) >= 11 is 0. The summed E-state index contributed by atoms with van der Waals surface area (Å²) in [6.45, 7) is 3.24. The molecule has 0 fully saturated rings. The van der Waals surface area contributed by atoms with Crippen LogP contribution in [0.3, 0.4) is 0 Å². The number of ether oxygens (including phenoxy) is 1. The first-order valence-corrected chi connectivity index (χ1v) is 5.34. The van der Waals surface area contributed by atoms with Crippen LogP contribution >= 0.6 is 0 Å². The van der Waals surface area contributed by atoms with Crippen LogP contribution in [0.1, 0.15) is 26.7 Å². The molecule has 4 nitrogen and oxygen atoms in total. The van der Waals surface area contributed by atoms with Gasteiger partial charge in [-0.2, -0.15) is 13.2 Å². The molecule has 0 saturated carbocycles. The minimum atomic E-state index is -4.24. The molecule has 0 aromatic rings. The molecule has 0 aliphatic heterocycles. The van der Waals surface area contributed by atoms with Gasteiger partial charge in [0.2, 0.25) is 0 Å². The van der Waals surface area contributed by atoms with Crippen molar-refractivity contribution in [3.63, 3.8) is 0 Å². The summed E-state index contributed by atoms with van der Waals surface area (Å²) in [6, 6.07) is 0. The number of carboxylic acids is 1. The maximum absolute atomic E-state index is 11.8. The smallest absolute Gasteiger partial charge is 0.391 e. The lowest BCUT2D eigenvalue weighted by atomic mass is 9.99. The number of carbonyl (C=O) groups is 1. The minimum Gasteiger partial charge on any atom is -0.480 e. The number of alkyl halides is 3. The zero-order chi connectivity index (χ0) is 13.5. The van der Waals surface area contributed by atoms with Gasteiger partial charge in [0.1, 0.15) is 5.54 Å². The summed E-state index contributed by atoms with van der Waals surface area (Å²) in [4.78, 5) is 10.9. The van der Waals surface area contributed by atoms with Gasteiger partial charge in [0.25, 0.3) is 0 Å². The van der Waals surface area contributed by atoms with Crippen molar-refractivity contribution in [2.45, 2.75) is 38.4 Å². The van der Waals surface area contributed by atoms with Crippen molar-refractivity contribution < 1.29 is 27.8 Å². The Labute approximate surface area is 98.1 Å². The van der Waals surface area contributed by atoms with Crippen molar-refractivity contribution in [1.29, 1.82) is 0 Å². The van der Waals surface area contributed by atoms with E-state index in [4.69, 9.17) is 9.84 Å². The molecule has 0 amide bonds. The van der Waals surface area contributed by atoms with Crippen LogP contribution in [0, 0.1) is 0 Å². The van der Waals surface area contributed by atoms with Crippen molar-refractivity contribution >= 4 is 5.97 Å². The number of hydrogen-bond acceptors (Lipinski definition) is 3. The third kappa shape index (κ3) is 7.17. The molecule has 0 aromatic carbocycles. The van der Waals surface area contributed by atoms with Crippen LogP contribution in [-0.2, 0) is 9.53 Å². The standard InChI is InChI=1S/C10H18F3NO3/c1-3-14-9(2,8(15)16)4-6-17-7-5-10(11,12)13/h14H,3-7H2,1-2H3,(H,15,16). The minimum absolute atomic E-state index is 0.0219. The average molecular weight is 257 g/mol. The fourth-order valence-electron chi connectivity index (χ4n) is 1.23. The maximum atomic E-state index is 11.8. The van der Waals surface area contributed by atoms with E-state index in [2.05, 4.69) is 5.32 Å². The van der Waals surface area contributed by atoms with Crippen molar-refractivity contribution in [2.24, 2.45) is 0 Å². The van der Waals surface area contributed by atoms with Crippen LogP contribution in [0.25, 0.3) is 0 Å². The highest BCUT2D eigenvalue weighted by Crippen LogP contribution is 2.19. The van der Waals surface area contributed by atoms with E-state index >= 15 is 0 Å². The number of carboxylic acid groups (broad SMARTS) is 1. The van der Waals surface area contributed by atoms with Gasteiger partial charge in [0, 0.05) is 6.61 Å². The van der Waals surface area contributed by atoms with Crippen LogP contribution in [0.5, 0.6) is 0 Å². The van der Waals surface area contributed by atoms with E-state index < -0.39 is 30.7 Å². The summed E-state index contributed by atoms with van der Waals surface area (Å²) in [7, 11) is 0. The molecule has 0 saturated heterocycles.